The number of amides is 1. The van der Waals surface area contributed by atoms with Gasteiger partial charge in [-0.15, -0.1) is 0 Å². The highest BCUT2D eigenvalue weighted by atomic mass is 32.2. The molecule has 0 spiro atoms. The van der Waals surface area contributed by atoms with Gasteiger partial charge >= 0.3 is 5.97 Å². The number of carbonyl (C=O) groups is 2. The van der Waals surface area contributed by atoms with Crippen LogP contribution in [0, 0.1) is 5.82 Å². The molecule has 0 bridgehead atoms. The number of thioether (sulfide) groups is 1. The molecule has 1 aromatic heterocycles. The minimum absolute atomic E-state index is 0.321. The number of furan rings is 1. The van der Waals surface area contributed by atoms with Crippen molar-refractivity contribution in [2.45, 2.75) is 0 Å². The second kappa shape index (κ2) is 8.25. The number of hydrogen-bond acceptors (Lipinski definition) is 6. The van der Waals surface area contributed by atoms with Crippen molar-refractivity contribution in [1.82, 2.24) is 0 Å². The van der Waals surface area contributed by atoms with Gasteiger partial charge in [0.1, 0.15) is 17.3 Å². The summed E-state index contributed by atoms with van der Waals surface area (Å²) in [6.45, 7) is 0. The minimum atomic E-state index is -0.445. The van der Waals surface area contributed by atoms with Crippen molar-refractivity contribution >= 4 is 51.9 Å². The Morgan fingerprint density at radius 2 is 1.93 bits per heavy atom. The van der Waals surface area contributed by atoms with E-state index in [-0.39, 0.29) is 5.91 Å². The average molecular weight is 439 g/mol. The van der Waals surface area contributed by atoms with E-state index in [2.05, 4.69) is 4.74 Å². The molecule has 0 atom stereocenters. The standard InChI is InChI=1S/C22H14FNO4S2/c1-27-21(26)14-7-5-13(6-8-14)18-10-9-17(28-18)12-19-20(25)24(22(29)30-19)16-4-2-3-15(23)11-16/h2-12H,1H3/b19-12+. The van der Waals surface area contributed by atoms with E-state index in [1.54, 1.807) is 48.5 Å². The van der Waals surface area contributed by atoms with Crippen molar-refractivity contribution in [1.29, 1.82) is 0 Å². The maximum Gasteiger partial charge on any atom is 0.337 e. The summed E-state index contributed by atoms with van der Waals surface area (Å²) >= 11 is 6.42. The molecule has 3 aromatic rings. The van der Waals surface area contributed by atoms with Crippen molar-refractivity contribution in [3.05, 3.63) is 82.7 Å². The summed E-state index contributed by atoms with van der Waals surface area (Å²) in [5, 5.41) is 0. The van der Waals surface area contributed by atoms with Gasteiger partial charge in [-0.3, -0.25) is 9.69 Å². The Balaban J connectivity index is 1.56. The topological polar surface area (TPSA) is 59.8 Å². The average Bonchev–Trinajstić information content (AvgIpc) is 3.32. The molecule has 0 saturated carbocycles. The number of ether oxygens (including phenoxy) is 1. The van der Waals surface area contributed by atoms with Crippen LogP contribution >= 0.6 is 24.0 Å². The largest absolute Gasteiger partial charge is 0.465 e. The summed E-state index contributed by atoms with van der Waals surface area (Å²) in [6.07, 6.45) is 1.60. The van der Waals surface area contributed by atoms with Gasteiger partial charge in [0.05, 0.1) is 23.3 Å². The van der Waals surface area contributed by atoms with Crippen molar-refractivity contribution in [3.63, 3.8) is 0 Å². The zero-order valence-corrected chi connectivity index (χ0v) is 17.3. The lowest BCUT2D eigenvalue weighted by Crippen LogP contribution is -2.27. The molecule has 1 fully saturated rings. The number of rotatable bonds is 4. The summed E-state index contributed by atoms with van der Waals surface area (Å²) in [4.78, 5) is 26.0. The minimum Gasteiger partial charge on any atom is -0.465 e. The summed E-state index contributed by atoms with van der Waals surface area (Å²) in [5.74, 6) is -0.141. The molecule has 150 valence electrons. The summed E-state index contributed by atoms with van der Waals surface area (Å²) < 4.78 is 24.4. The Bertz CT molecular complexity index is 1180. The molecule has 0 unspecified atom stereocenters. The van der Waals surface area contributed by atoms with Crippen LogP contribution in [0.2, 0.25) is 0 Å². The number of carbonyl (C=O) groups excluding carboxylic acids is 2. The zero-order chi connectivity index (χ0) is 21.3. The molecule has 0 radical (unpaired) electrons. The molecule has 2 heterocycles. The predicted octanol–water partition coefficient (Wildman–Crippen LogP) is 5.28. The molecule has 0 aliphatic carbocycles. The number of anilines is 1. The first-order valence-electron chi connectivity index (χ1n) is 8.78. The van der Waals surface area contributed by atoms with Crippen molar-refractivity contribution in [2.24, 2.45) is 0 Å². The Kier molecular flexibility index (Phi) is 5.52. The van der Waals surface area contributed by atoms with Crippen molar-refractivity contribution in [3.8, 4) is 11.3 Å². The third-order valence-corrected chi connectivity index (χ3v) is 5.65. The fourth-order valence-corrected chi connectivity index (χ4v) is 4.19. The lowest BCUT2D eigenvalue weighted by Gasteiger charge is -2.14. The second-order valence-electron chi connectivity index (χ2n) is 6.27. The smallest absolute Gasteiger partial charge is 0.337 e. The van der Waals surface area contributed by atoms with Crippen molar-refractivity contribution < 1.29 is 23.1 Å². The van der Waals surface area contributed by atoms with Gasteiger partial charge in [0, 0.05) is 11.6 Å². The molecule has 5 nitrogen and oxygen atoms in total. The third-order valence-electron chi connectivity index (χ3n) is 4.35. The number of halogens is 1. The molecular formula is C22H14FNO4S2. The Hall–Kier alpha value is -3.23. The summed E-state index contributed by atoms with van der Waals surface area (Å²) in [7, 11) is 1.33. The van der Waals surface area contributed by atoms with E-state index in [0.29, 0.717) is 32.0 Å². The highest BCUT2D eigenvalue weighted by molar-refractivity contribution is 8.27. The Morgan fingerprint density at radius 1 is 1.17 bits per heavy atom. The van der Waals surface area contributed by atoms with Crippen LogP contribution in [-0.2, 0) is 9.53 Å². The van der Waals surface area contributed by atoms with Crippen LogP contribution in [0.1, 0.15) is 16.1 Å². The quantitative estimate of drug-likeness (QED) is 0.313. The molecule has 1 saturated heterocycles. The first kappa shape index (κ1) is 20.1. The molecule has 2 aromatic carbocycles. The number of nitrogens with zero attached hydrogens (tertiary/aromatic N) is 1. The van der Waals surface area contributed by atoms with E-state index in [1.807, 2.05) is 0 Å². The highest BCUT2D eigenvalue weighted by Crippen LogP contribution is 2.36. The van der Waals surface area contributed by atoms with E-state index in [1.165, 1.54) is 30.2 Å². The first-order valence-corrected chi connectivity index (χ1v) is 10.0. The van der Waals surface area contributed by atoms with Gasteiger partial charge in [0.25, 0.3) is 5.91 Å². The second-order valence-corrected chi connectivity index (χ2v) is 7.94. The van der Waals surface area contributed by atoms with Gasteiger partial charge in [-0.2, -0.15) is 0 Å². The summed E-state index contributed by atoms with van der Waals surface area (Å²) in [6, 6.07) is 16.0. The molecule has 8 heteroatoms. The van der Waals surface area contributed by atoms with E-state index < -0.39 is 11.8 Å². The molecule has 1 aliphatic rings. The van der Waals surface area contributed by atoms with Crippen LogP contribution in [0.4, 0.5) is 10.1 Å². The summed E-state index contributed by atoms with van der Waals surface area (Å²) in [5.41, 5.74) is 1.59. The Labute approximate surface area is 181 Å². The lowest BCUT2D eigenvalue weighted by atomic mass is 10.1. The van der Waals surface area contributed by atoms with Crippen LogP contribution in [-0.4, -0.2) is 23.3 Å². The van der Waals surface area contributed by atoms with Crippen molar-refractivity contribution in [2.75, 3.05) is 12.0 Å². The molecule has 1 amide bonds. The van der Waals surface area contributed by atoms with E-state index in [9.17, 15) is 14.0 Å². The molecule has 30 heavy (non-hydrogen) atoms. The number of benzene rings is 2. The van der Waals surface area contributed by atoms with Crippen LogP contribution in [0.3, 0.4) is 0 Å². The van der Waals surface area contributed by atoms with Gasteiger partial charge in [-0.1, -0.05) is 42.2 Å². The first-order chi connectivity index (χ1) is 14.5. The van der Waals surface area contributed by atoms with Gasteiger partial charge in [0.15, 0.2) is 4.32 Å². The maximum absolute atomic E-state index is 13.5. The maximum atomic E-state index is 13.5. The molecular weight excluding hydrogens is 425 g/mol. The zero-order valence-electron chi connectivity index (χ0n) is 15.6. The van der Waals surface area contributed by atoms with Gasteiger partial charge in [0.2, 0.25) is 0 Å². The highest BCUT2D eigenvalue weighted by Gasteiger charge is 2.33. The molecule has 0 N–H and O–H groups in total. The van der Waals surface area contributed by atoms with E-state index in [4.69, 9.17) is 16.6 Å². The van der Waals surface area contributed by atoms with Crippen LogP contribution in [0.15, 0.2) is 70.0 Å². The van der Waals surface area contributed by atoms with E-state index in [0.717, 1.165) is 17.3 Å². The SMILES string of the molecule is COC(=O)c1ccc(-c2ccc(/C=C3/SC(=S)N(c4cccc(F)c4)C3=O)o2)cc1. The number of hydrogen-bond donors (Lipinski definition) is 0. The van der Waals surface area contributed by atoms with Gasteiger partial charge in [-0.05, 0) is 42.5 Å². The predicted molar refractivity (Wildman–Crippen MR) is 118 cm³/mol. The fraction of sp³-hybridized carbons (Fsp3) is 0.0455. The number of methoxy groups -OCH3 is 1. The lowest BCUT2D eigenvalue weighted by molar-refractivity contribution is -0.113. The Morgan fingerprint density at radius 3 is 2.63 bits per heavy atom. The van der Waals surface area contributed by atoms with Crippen LogP contribution in [0.25, 0.3) is 17.4 Å². The fourth-order valence-electron chi connectivity index (χ4n) is 2.91. The number of thiocarbonyl (C=S) groups is 1. The monoisotopic (exact) mass is 439 g/mol. The van der Waals surface area contributed by atoms with Gasteiger partial charge in [-0.25, -0.2) is 9.18 Å². The van der Waals surface area contributed by atoms with Crippen LogP contribution in [0.5, 0.6) is 0 Å². The van der Waals surface area contributed by atoms with Crippen LogP contribution < -0.4 is 4.90 Å². The van der Waals surface area contributed by atoms with Gasteiger partial charge < -0.3 is 9.15 Å². The number of esters is 1. The van der Waals surface area contributed by atoms with E-state index >= 15 is 0 Å². The molecule has 4 rings (SSSR count). The normalized spacial score (nSPS) is 15.1. The third kappa shape index (κ3) is 3.92. The molecule has 1 aliphatic heterocycles.